The lowest BCUT2D eigenvalue weighted by Crippen LogP contribution is -2.46. The smallest absolute Gasteiger partial charge is 0.247 e. The molecule has 4 N–H and O–H groups in total. The summed E-state index contributed by atoms with van der Waals surface area (Å²) in [4.78, 5) is 10.7. The highest BCUT2D eigenvalue weighted by molar-refractivity contribution is 5.78. The van der Waals surface area contributed by atoms with Gasteiger partial charge in [0.15, 0.2) is 0 Å². The molecule has 0 saturated heterocycles. The fraction of sp³-hybridized carbons (Fsp3) is 0.500. The van der Waals surface area contributed by atoms with Crippen molar-refractivity contribution in [3.8, 4) is 0 Å². The quantitative estimate of drug-likeness (QED) is 0.717. The molecule has 0 spiro atoms. The highest BCUT2D eigenvalue weighted by Crippen LogP contribution is 2.36. The predicted molar refractivity (Wildman–Crippen MR) is 70.1 cm³/mol. The van der Waals surface area contributed by atoms with Gasteiger partial charge in [-0.3, -0.25) is 4.79 Å². The number of aryl methyl sites for hydroxylation is 1. The number of benzene rings is 1. The zero-order valence-electron chi connectivity index (χ0n) is 10.6. The number of primary amides is 1. The fourth-order valence-corrected chi connectivity index (χ4v) is 2.27. The second kappa shape index (κ2) is 5.50. The molecule has 98 valence electrons. The third-order valence-electron chi connectivity index (χ3n) is 3.62. The number of nitrogens with one attached hydrogen (secondary N) is 1. The van der Waals surface area contributed by atoms with Crippen LogP contribution in [0.4, 0.5) is 0 Å². The van der Waals surface area contributed by atoms with E-state index >= 15 is 0 Å². The number of aliphatic hydroxyl groups is 1. The minimum absolute atomic E-state index is 0.251. The average Bonchev–Trinajstić information content (AvgIpc) is 2.28. The van der Waals surface area contributed by atoms with E-state index < -0.39 is 12.0 Å². The number of nitrogens with two attached hydrogens (primary N) is 1. The van der Waals surface area contributed by atoms with Gasteiger partial charge >= 0.3 is 0 Å². The first kappa shape index (κ1) is 13.1. The Balaban J connectivity index is 1.74. The van der Waals surface area contributed by atoms with Gasteiger partial charge in [0.2, 0.25) is 5.91 Å². The van der Waals surface area contributed by atoms with Crippen molar-refractivity contribution < 1.29 is 9.90 Å². The normalized spacial score (nSPS) is 24.3. The Bertz CT molecular complexity index is 410. The Labute approximate surface area is 107 Å². The lowest BCUT2D eigenvalue weighted by molar-refractivity contribution is -0.125. The Morgan fingerprint density at radius 2 is 2.06 bits per heavy atom. The summed E-state index contributed by atoms with van der Waals surface area (Å²) < 4.78 is 0. The number of aliphatic hydroxyl groups excluding tert-OH is 1. The summed E-state index contributed by atoms with van der Waals surface area (Å²) in [5.74, 6) is -0.0780. The molecule has 2 rings (SSSR count). The maximum Gasteiger partial charge on any atom is 0.247 e. The number of hydrogen-bond donors (Lipinski definition) is 3. The lowest BCUT2D eigenvalue weighted by Gasteiger charge is -2.36. The monoisotopic (exact) mass is 248 g/mol. The van der Waals surface area contributed by atoms with Crippen molar-refractivity contribution in [1.82, 2.24) is 5.32 Å². The number of amides is 1. The van der Waals surface area contributed by atoms with Crippen LogP contribution in [0.2, 0.25) is 0 Å². The largest absolute Gasteiger partial charge is 0.382 e. The van der Waals surface area contributed by atoms with Crippen LogP contribution < -0.4 is 11.1 Å². The van der Waals surface area contributed by atoms with Gasteiger partial charge in [0.05, 0.1) is 0 Å². The summed E-state index contributed by atoms with van der Waals surface area (Å²) in [7, 11) is 0. The minimum Gasteiger partial charge on any atom is -0.382 e. The second-order valence-electron chi connectivity index (χ2n) is 5.10. The summed E-state index contributed by atoms with van der Waals surface area (Å²) in [5.41, 5.74) is 7.63. The molecular weight excluding hydrogens is 228 g/mol. The van der Waals surface area contributed by atoms with Crippen LogP contribution in [0, 0.1) is 6.92 Å². The maximum absolute atomic E-state index is 10.7. The van der Waals surface area contributed by atoms with Crippen LogP contribution in [-0.4, -0.2) is 29.7 Å². The van der Waals surface area contributed by atoms with Crippen molar-refractivity contribution in [3.63, 3.8) is 0 Å². The Kier molecular flexibility index (Phi) is 3.99. The number of carbonyl (C=O) groups is 1. The SMILES string of the molecule is Cc1ccc(C2CC(NCC(O)C(N)=O)C2)cc1. The zero-order valence-corrected chi connectivity index (χ0v) is 10.6. The van der Waals surface area contributed by atoms with Crippen LogP contribution in [0.5, 0.6) is 0 Å². The van der Waals surface area contributed by atoms with Crippen molar-refractivity contribution in [2.75, 3.05) is 6.54 Å². The van der Waals surface area contributed by atoms with E-state index in [2.05, 4.69) is 36.5 Å². The third kappa shape index (κ3) is 3.09. The third-order valence-corrected chi connectivity index (χ3v) is 3.62. The van der Waals surface area contributed by atoms with Gasteiger partial charge < -0.3 is 16.2 Å². The first-order chi connectivity index (χ1) is 8.56. The molecule has 1 aliphatic carbocycles. The Morgan fingerprint density at radius 3 is 2.61 bits per heavy atom. The summed E-state index contributed by atoms with van der Waals surface area (Å²) >= 11 is 0. The van der Waals surface area contributed by atoms with Crippen molar-refractivity contribution in [2.24, 2.45) is 5.73 Å². The van der Waals surface area contributed by atoms with Gasteiger partial charge in [-0.05, 0) is 31.2 Å². The van der Waals surface area contributed by atoms with Gasteiger partial charge in [0.1, 0.15) is 6.10 Å². The van der Waals surface area contributed by atoms with Gasteiger partial charge in [-0.1, -0.05) is 29.8 Å². The molecule has 4 nitrogen and oxygen atoms in total. The van der Waals surface area contributed by atoms with Crippen LogP contribution in [0.15, 0.2) is 24.3 Å². The number of rotatable bonds is 5. The van der Waals surface area contributed by atoms with E-state index in [1.807, 2.05) is 0 Å². The summed E-state index contributed by atoms with van der Waals surface area (Å²) in [6.07, 6.45) is 1.02. The van der Waals surface area contributed by atoms with Gasteiger partial charge in [-0.2, -0.15) is 0 Å². The van der Waals surface area contributed by atoms with Crippen LogP contribution in [0.25, 0.3) is 0 Å². The first-order valence-corrected chi connectivity index (χ1v) is 6.33. The molecule has 18 heavy (non-hydrogen) atoms. The average molecular weight is 248 g/mol. The van der Waals surface area contributed by atoms with Crippen LogP contribution in [0.3, 0.4) is 0 Å². The fourth-order valence-electron chi connectivity index (χ4n) is 2.27. The van der Waals surface area contributed by atoms with Crippen LogP contribution >= 0.6 is 0 Å². The summed E-state index contributed by atoms with van der Waals surface area (Å²) in [6, 6.07) is 8.99. The molecule has 1 atom stereocenters. The maximum atomic E-state index is 10.7. The molecule has 1 saturated carbocycles. The van der Waals surface area contributed by atoms with Gasteiger partial charge in [-0.25, -0.2) is 0 Å². The van der Waals surface area contributed by atoms with E-state index in [1.54, 1.807) is 0 Å². The predicted octanol–water partition coefficient (Wildman–Crippen LogP) is 0.677. The summed E-state index contributed by atoms with van der Waals surface area (Å²) in [5, 5.41) is 12.4. The molecule has 0 bridgehead atoms. The van der Waals surface area contributed by atoms with E-state index in [9.17, 15) is 9.90 Å². The topological polar surface area (TPSA) is 75.3 Å². The van der Waals surface area contributed by atoms with Crippen molar-refractivity contribution in [2.45, 2.75) is 37.8 Å². The van der Waals surface area contributed by atoms with Crippen molar-refractivity contribution in [1.29, 1.82) is 0 Å². The molecule has 1 amide bonds. The Hall–Kier alpha value is -1.39. The molecular formula is C14H20N2O2. The highest BCUT2D eigenvalue weighted by atomic mass is 16.3. The zero-order chi connectivity index (χ0) is 13.1. The molecule has 0 aliphatic heterocycles. The standard InChI is InChI=1S/C14H20N2O2/c1-9-2-4-10(5-3-9)11-6-12(7-11)16-8-13(17)14(15)18/h2-5,11-13,16-17H,6-8H2,1H3,(H2,15,18). The molecule has 0 aromatic heterocycles. The molecule has 1 aromatic rings. The van der Waals surface area contributed by atoms with Crippen molar-refractivity contribution in [3.05, 3.63) is 35.4 Å². The number of hydrogen-bond acceptors (Lipinski definition) is 3. The van der Waals surface area contributed by atoms with E-state index in [4.69, 9.17) is 5.73 Å². The molecule has 1 aliphatic rings. The van der Waals surface area contributed by atoms with Gasteiger partial charge in [-0.15, -0.1) is 0 Å². The number of carbonyl (C=O) groups excluding carboxylic acids is 1. The molecule has 1 aromatic carbocycles. The molecule has 1 fully saturated rings. The van der Waals surface area contributed by atoms with E-state index in [1.165, 1.54) is 11.1 Å². The minimum atomic E-state index is -1.08. The lowest BCUT2D eigenvalue weighted by atomic mass is 9.75. The van der Waals surface area contributed by atoms with Crippen LogP contribution in [0.1, 0.15) is 29.9 Å². The van der Waals surface area contributed by atoms with E-state index in [0.29, 0.717) is 12.0 Å². The summed E-state index contributed by atoms with van der Waals surface area (Å²) in [6.45, 7) is 2.33. The van der Waals surface area contributed by atoms with Gasteiger partial charge in [0.25, 0.3) is 0 Å². The highest BCUT2D eigenvalue weighted by Gasteiger charge is 2.30. The molecule has 4 heteroatoms. The molecule has 0 radical (unpaired) electrons. The second-order valence-corrected chi connectivity index (χ2v) is 5.10. The molecule has 0 heterocycles. The van der Waals surface area contributed by atoms with Crippen molar-refractivity contribution >= 4 is 5.91 Å². The first-order valence-electron chi connectivity index (χ1n) is 6.33. The van der Waals surface area contributed by atoms with E-state index in [0.717, 1.165) is 12.8 Å². The van der Waals surface area contributed by atoms with Gasteiger partial charge in [0, 0.05) is 12.6 Å². The van der Waals surface area contributed by atoms with Crippen LogP contribution in [-0.2, 0) is 4.79 Å². The Morgan fingerprint density at radius 1 is 1.44 bits per heavy atom. The van der Waals surface area contributed by atoms with E-state index in [-0.39, 0.29) is 6.54 Å². The molecule has 1 unspecified atom stereocenters.